The molecule has 0 saturated heterocycles. The molecule has 0 bridgehead atoms. The van der Waals surface area contributed by atoms with Gasteiger partial charge in [0.05, 0.1) is 10.6 Å². The zero-order chi connectivity index (χ0) is 11.7. The number of amidine groups is 1. The number of nitrogens with one attached hydrogen (secondary N) is 1. The van der Waals surface area contributed by atoms with Crippen LogP contribution in [0.2, 0.25) is 0 Å². The van der Waals surface area contributed by atoms with Gasteiger partial charge < -0.3 is 5.73 Å². The normalized spacial score (nSPS) is 10.4. The molecule has 0 radical (unpaired) electrons. The summed E-state index contributed by atoms with van der Waals surface area (Å²) in [4.78, 5) is 5.19. The van der Waals surface area contributed by atoms with E-state index in [1.165, 1.54) is 16.9 Å². The average molecular weight is 231 g/mol. The van der Waals surface area contributed by atoms with Crippen LogP contribution in [0.15, 0.2) is 24.3 Å². The molecule has 2 aromatic rings. The molecule has 1 heterocycles. The van der Waals surface area contributed by atoms with Crippen molar-refractivity contribution in [2.24, 2.45) is 5.73 Å². The van der Waals surface area contributed by atoms with Crippen molar-refractivity contribution in [2.75, 3.05) is 0 Å². The number of rotatable bonds is 2. The number of nitrogens with two attached hydrogens (primary N) is 1. The molecule has 0 aliphatic carbocycles. The molecule has 0 aliphatic rings. The highest BCUT2D eigenvalue weighted by atomic mass is 32.1. The molecule has 0 spiro atoms. The van der Waals surface area contributed by atoms with E-state index in [0.717, 1.165) is 21.1 Å². The quantitative estimate of drug-likeness (QED) is 0.616. The third-order valence-corrected chi connectivity index (χ3v) is 3.58. The lowest BCUT2D eigenvalue weighted by molar-refractivity contribution is 1.25. The molecule has 16 heavy (non-hydrogen) atoms. The standard InChI is InChI=1S/C12H13N3S/c1-7-3-5-9(6-4-7)12-15-8(2)10(16-12)11(13)14/h3-6H,1-2H3,(H3,13,14). The number of nitrogens with zero attached hydrogens (tertiary/aromatic N) is 1. The summed E-state index contributed by atoms with van der Waals surface area (Å²) in [6.45, 7) is 3.93. The number of hydrogen-bond donors (Lipinski definition) is 2. The minimum Gasteiger partial charge on any atom is -0.383 e. The summed E-state index contributed by atoms with van der Waals surface area (Å²) in [5, 5.41) is 8.35. The van der Waals surface area contributed by atoms with Gasteiger partial charge in [-0.3, -0.25) is 5.41 Å². The highest BCUT2D eigenvalue weighted by Crippen LogP contribution is 2.27. The number of aromatic nitrogens is 1. The van der Waals surface area contributed by atoms with E-state index in [1.807, 2.05) is 19.1 Å². The second kappa shape index (κ2) is 4.06. The Morgan fingerprint density at radius 3 is 2.38 bits per heavy atom. The van der Waals surface area contributed by atoms with Gasteiger partial charge in [0.25, 0.3) is 0 Å². The fraction of sp³-hybridized carbons (Fsp3) is 0.167. The number of nitrogen functional groups attached to an aromatic ring is 1. The lowest BCUT2D eigenvalue weighted by Crippen LogP contribution is -2.10. The maximum Gasteiger partial charge on any atom is 0.135 e. The zero-order valence-corrected chi connectivity index (χ0v) is 10.1. The van der Waals surface area contributed by atoms with Crippen LogP contribution in [0.25, 0.3) is 10.6 Å². The Morgan fingerprint density at radius 1 is 1.25 bits per heavy atom. The van der Waals surface area contributed by atoms with E-state index in [-0.39, 0.29) is 5.84 Å². The molecular formula is C12H13N3S. The maximum atomic E-state index is 7.43. The van der Waals surface area contributed by atoms with Crippen LogP contribution in [0, 0.1) is 19.3 Å². The predicted molar refractivity (Wildman–Crippen MR) is 68.0 cm³/mol. The van der Waals surface area contributed by atoms with Crippen LogP contribution in [-0.2, 0) is 0 Å². The van der Waals surface area contributed by atoms with Crippen molar-refractivity contribution < 1.29 is 0 Å². The van der Waals surface area contributed by atoms with Gasteiger partial charge in [-0.2, -0.15) is 0 Å². The van der Waals surface area contributed by atoms with Crippen molar-refractivity contribution in [3.8, 4) is 10.6 Å². The topological polar surface area (TPSA) is 62.8 Å². The molecule has 0 aliphatic heterocycles. The summed E-state index contributed by atoms with van der Waals surface area (Å²) in [6, 6.07) is 8.19. The number of aryl methyl sites for hydroxylation is 2. The first-order chi connectivity index (χ1) is 7.58. The molecular weight excluding hydrogens is 218 g/mol. The van der Waals surface area contributed by atoms with Crippen LogP contribution in [0.4, 0.5) is 0 Å². The predicted octanol–water partition coefficient (Wildman–Crippen LogP) is 2.71. The summed E-state index contributed by atoms with van der Waals surface area (Å²) in [5.74, 6) is 0.0911. The van der Waals surface area contributed by atoms with E-state index in [0.29, 0.717) is 0 Å². The molecule has 0 amide bonds. The third kappa shape index (κ3) is 1.97. The van der Waals surface area contributed by atoms with Gasteiger partial charge in [0.1, 0.15) is 10.8 Å². The zero-order valence-electron chi connectivity index (χ0n) is 9.24. The number of benzene rings is 1. The largest absolute Gasteiger partial charge is 0.383 e. The smallest absolute Gasteiger partial charge is 0.135 e. The van der Waals surface area contributed by atoms with Crippen LogP contribution in [0.5, 0.6) is 0 Å². The highest BCUT2D eigenvalue weighted by Gasteiger charge is 2.10. The first-order valence-corrected chi connectivity index (χ1v) is 5.78. The van der Waals surface area contributed by atoms with Crippen molar-refractivity contribution in [3.05, 3.63) is 40.4 Å². The second-order valence-corrected chi connectivity index (χ2v) is 4.71. The first-order valence-electron chi connectivity index (χ1n) is 4.97. The summed E-state index contributed by atoms with van der Waals surface area (Å²) < 4.78 is 0. The number of hydrogen-bond acceptors (Lipinski definition) is 3. The summed E-state index contributed by atoms with van der Waals surface area (Å²) in [7, 11) is 0. The van der Waals surface area contributed by atoms with E-state index >= 15 is 0 Å². The van der Waals surface area contributed by atoms with Gasteiger partial charge in [-0.15, -0.1) is 11.3 Å². The summed E-state index contributed by atoms with van der Waals surface area (Å²) >= 11 is 1.47. The van der Waals surface area contributed by atoms with Gasteiger partial charge in [-0.25, -0.2) is 4.98 Å². The monoisotopic (exact) mass is 231 g/mol. The Hall–Kier alpha value is -1.68. The van der Waals surface area contributed by atoms with Crippen molar-refractivity contribution in [1.82, 2.24) is 4.98 Å². The van der Waals surface area contributed by atoms with Crippen LogP contribution >= 0.6 is 11.3 Å². The molecule has 1 aromatic heterocycles. The highest BCUT2D eigenvalue weighted by molar-refractivity contribution is 7.17. The van der Waals surface area contributed by atoms with Gasteiger partial charge in [0.15, 0.2) is 0 Å². The van der Waals surface area contributed by atoms with Gasteiger partial charge >= 0.3 is 0 Å². The average Bonchev–Trinajstić information content (AvgIpc) is 2.61. The minimum atomic E-state index is 0.0911. The Balaban J connectivity index is 2.45. The van der Waals surface area contributed by atoms with Gasteiger partial charge in [0.2, 0.25) is 0 Å². The van der Waals surface area contributed by atoms with E-state index in [1.54, 1.807) is 0 Å². The Kier molecular flexibility index (Phi) is 2.75. The molecule has 2 rings (SSSR count). The SMILES string of the molecule is Cc1ccc(-c2nc(C)c(C(=N)N)s2)cc1. The van der Waals surface area contributed by atoms with Gasteiger partial charge in [-0.05, 0) is 13.8 Å². The van der Waals surface area contributed by atoms with E-state index in [4.69, 9.17) is 11.1 Å². The van der Waals surface area contributed by atoms with Crippen molar-refractivity contribution >= 4 is 17.2 Å². The summed E-state index contributed by atoms with van der Waals surface area (Å²) in [5.41, 5.74) is 8.61. The van der Waals surface area contributed by atoms with E-state index in [9.17, 15) is 0 Å². The van der Waals surface area contributed by atoms with Crippen LogP contribution < -0.4 is 5.73 Å². The molecule has 3 nitrogen and oxygen atoms in total. The van der Waals surface area contributed by atoms with Gasteiger partial charge in [0, 0.05) is 5.56 Å². The van der Waals surface area contributed by atoms with Crippen LogP contribution in [-0.4, -0.2) is 10.8 Å². The molecule has 0 fully saturated rings. The van der Waals surface area contributed by atoms with Crippen molar-refractivity contribution in [1.29, 1.82) is 5.41 Å². The lowest BCUT2D eigenvalue weighted by Gasteiger charge is -1.96. The fourth-order valence-corrected chi connectivity index (χ4v) is 2.40. The molecule has 4 heteroatoms. The Labute approximate surface area is 98.5 Å². The molecule has 0 atom stereocenters. The molecule has 82 valence electrons. The fourth-order valence-electron chi connectivity index (χ4n) is 1.47. The second-order valence-electron chi connectivity index (χ2n) is 3.71. The van der Waals surface area contributed by atoms with Gasteiger partial charge in [-0.1, -0.05) is 29.8 Å². The first kappa shape index (κ1) is 10.8. The minimum absolute atomic E-state index is 0.0911. The third-order valence-electron chi connectivity index (χ3n) is 2.34. The Bertz CT molecular complexity index is 526. The van der Waals surface area contributed by atoms with Crippen LogP contribution in [0.3, 0.4) is 0 Å². The molecule has 0 unspecified atom stereocenters. The molecule has 1 aromatic carbocycles. The lowest BCUT2D eigenvalue weighted by atomic mass is 10.2. The molecule has 3 N–H and O–H groups in total. The summed E-state index contributed by atoms with van der Waals surface area (Å²) in [6.07, 6.45) is 0. The van der Waals surface area contributed by atoms with Crippen molar-refractivity contribution in [2.45, 2.75) is 13.8 Å². The Morgan fingerprint density at radius 2 is 1.88 bits per heavy atom. The number of thiazole rings is 1. The van der Waals surface area contributed by atoms with E-state index < -0.39 is 0 Å². The maximum absolute atomic E-state index is 7.43. The van der Waals surface area contributed by atoms with Crippen molar-refractivity contribution in [3.63, 3.8) is 0 Å². The van der Waals surface area contributed by atoms with E-state index in [2.05, 4.69) is 24.0 Å². The molecule has 0 saturated carbocycles. The van der Waals surface area contributed by atoms with Crippen LogP contribution in [0.1, 0.15) is 16.1 Å².